The number of aromatic nitrogens is 1. The van der Waals surface area contributed by atoms with Crippen LogP contribution in [-0.4, -0.2) is 44.2 Å². The van der Waals surface area contributed by atoms with Crippen LogP contribution >= 0.6 is 35.1 Å². The number of aliphatic imine (C=N–C) groups is 1. The lowest BCUT2D eigenvalue weighted by Crippen LogP contribution is -2.35. The van der Waals surface area contributed by atoms with Gasteiger partial charge in [-0.2, -0.15) is 10.0 Å². The number of nitrogens with zero attached hydrogens (tertiary/aromatic N) is 4. The number of methoxy groups -OCH3 is 1. The summed E-state index contributed by atoms with van der Waals surface area (Å²) in [6.07, 6.45) is 3.59. The van der Waals surface area contributed by atoms with E-state index in [1.54, 1.807) is 19.3 Å². The van der Waals surface area contributed by atoms with Crippen LogP contribution in [0.1, 0.15) is 17.0 Å². The molecule has 2 aliphatic heterocycles. The Labute approximate surface area is 187 Å². The minimum Gasteiger partial charge on any atom is -0.495 e. The number of ether oxygens (including phenoxy) is 1. The van der Waals surface area contributed by atoms with E-state index in [2.05, 4.69) is 10.1 Å². The summed E-state index contributed by atoms with van der Waals surface area (Å²) in [7, 11) is 1.61. The number of benzene rings is 1. The van der Waals surface area contributed by atoms with Crippen molar-refractivity contribution in [3.63, 3.8) is 0 Å². The zero-order valence-corrected chi connectivity index (χ0v) is 19.1. The summed E-state index contributed by atoms with van der Waals surface area (Å²) in [5.41, 5.74) is 3.64. The summed E-state index contributed by atoms with van der Waals surface area (Å²) in [5, 5.41) is 15.3. The molecule has 10 heteroatoms. The normalized spacial score (nSPS) is 17.4. The SMILES string of the molecule is COc1ccc(Cl)cc1-n1c(C)cc(/C=C2\C(=N)N3N=C(SC)SC3=NC2=O)c1C. The standard InChI is InChI=1S/C20H18ClN5O2S2/c1-10-7-12(11(2)25(10)15-9-13(21)5-6-16(15)28-3)8-14-17(22)26-19(23-18(14)27)30-20(24-26)29-4/h5-9,22H,1-4H3/b14-8+,22-17?. The van der Waals surface area contributed by atoms with Crippen molar-refractivity contribution in [2.24, 2.45) is 10.1 Å². The Morgan fingerprint density at radius 1 is 1.30 bits per heavy atom. The molecule has 0 aliphatic carbocycles. The fourth-order valence-corrected chi connectivity index (χ4v) is 4.87. The van der Waals surface area contributed by atoms with E-state index >= 15 is 0 Å². The topological polar surface area (TPSA) is 83.0 Å². The highest BCUT2D eigenvalue weighted by atomic mass is 35.5. The molecule has 4 rings (SSSR count). The second kappa shape index (κ2) is 7.98. The molecular formula is C20H18ClN5O2S2. The molecule has 1 aromatic carbocycles. The van der Waals surface area contributed by atoms with Crippen molar-refractivity contribution in [3.05, 3.63) is 51.8 Å². The summed E-state index contributed by atoms with van der Waals surface area (Å²) in [4.78, 5) is 16.7. The molecule has 0 atom stereocenters. The Morgan fingerprint density at radius 2 is 2.07 bits per heavy atom. The first kappa shape index (κ1) is 20.8. The number of halogens is 1. The highest BCUT2D eigenvalue weighted by molar-refractivity contribution is 8.45. The van der Waals surface area contributed by atoms with Gasteiger partial charge in [0, 0.05) is 16.4 Å². The Kier molecular flexibility index (Phi) is 5.52. The monoisotopic (exact) mass is 459 g/mol. The molecule has 1 N–H and O–H groups in total. The maximum Gasteiger partial charge on any atom is 0.283 e. The molecule has 0 bridgehead atoms. The highest BCUT2D eigenvalue weighted by Gasteiger charge is 2.35. The third-order valence-corrected chi connectivity index (χ3v) is 6.88. The lowest BCUT2D eigenvalue weighted by molar-refractivity contribution is -0.114. The Hall–Kier alpha value is -2.49. The third kappa shape index (κ3) is 3.46. The molecule has 0 saturated heterocycles. The number of hydrogen-bond acceptors (Lipinski definition) is 6. The predicted octanol–water partition coefficient (Wildman–Crippen LogP) is 4.70. The molecule has 0 unspecified atom stereocenters. The van der Waals surface area contributed by atoms with E-state index in [0.717, 1.165) is 27.0 Å². The van der Waals surface area contributed by atoms with Crippen LogP contribution in [0, 0.1) is 19.3 Å². The number of hydrazone groups is 1. The number of rotatable bonds is 3. The van der Waals surface area contributed by atoms with Crippen LogP contribution in [0.4, 0.5) is 0 Å². The number of thioether (sulfide) groups is 2. The van der Waals surface area contributed by atoms with Gasteiger partial charge in [-0.15, -0.1) is 16.9 Å². The molecule has 0 spiro atoms. The number of amidine groups is 2. The molecule has 0 saturated carbocycles. The number of carbonyl (C=O) groups excluding carboxylic acids is 1. The molecule has 0 radical (unpaired) electrons. The molecule has 1 aromatic heterocycles. The third-order valence-electron chi connectivity index (χ3n) is 4.76. The fourth-order valence-electron chi connectivity index (χ4n) is 3.35. The molecule has 1 amide bonds. The summed E-state index contributed by atoms with van der Waals surface area (Å²) in [5.74, 6) is 0.261. The second-order valence-corrected chi connectivity index (χ2v) is 9.01. The number of amides is 1. The summed E-state index contributed by atoms with van der Waals surface area (Å²) < 4.78 is 8.26. The Morgan fingerprint density at radius 3 is 2.77 bits per heavy atom. The van der Waals surface area contributed by atoms with Crippen molar-refractivity contribution in [2.75, 3.05) is 13.4 Å². The first-order chi connectivity index (χ1) is 14.3. The van der Waals surface area contributed by atoms with Crippen LogP contribution in [0.3, 0.4) is 0 Å². The van der Waals surface area contributed by atoms with E-state index < -0.39 is 5.91 Å². The van der Waals surface area contributed by atoms with Gasteiger partial charge < -0.3 is 9.30 Å². The van der Waals surface area contributed by atoms with E-state index in [-0.39, 0.29) is 11.4 Å². The highest BCUT2D eigenvalue weighted by Crippen LogP contribution is 2.34. The Bertz CT molecular complexity index is 1180. The van der Waals surface area contributed by atoms with Crippen LogP contribution < -0.4 is 4.74 Å². The van der Waals surface area contributed by atoms with Gasteiger partial charge in [-0.05, 0) is 67.8 Å². The van der Waals surface area contributed by atoms with E-state index in [0.29, 0.717) is 15.9 Å². The average molecular weight is 460 g/mol. The number of fused-ring (bicyclic) bond motifs is 1. The molecule has 7 nitrogen and oxygen atoms in total. The van der Waals surface area contributed by atoms with E-state index in [4.69, 9.17) is 21.7 Å². The van der Waals surface area contributed by atoms with Gasteiger partial charge >= 0.3 is 0 Å². The van der Waals surface area contributed by atoms with Crippen molar-refractivity contribution in [2.45, 2.75) is 13.8 Å². The zero-order valence-electron chi connectivity index (χ0n) is 16.7. The maximum atomic E-state index is 12.6. The number of carbonyl (C=O) groups is 1. The summed E-state index contributed by atoms with van der Waals surface area (Å²) in [6.45, 7) is 3.91. The molecule has 2 aliphatic rings. The first-order valence-electron chi connectivity index (χ1n) is 8.91. The van der Waals surface area contributed by atoms with Crippen LogP contribution in [0.25, 0.3) is 11.8 Å². The van der Waals surface area contributed by atoms with Gasteiger partial charge in [0.2, 0.25) is 5.17 Å². The Balaban J connectivity index is 1.79. The van der Waals surface area contributed by atoms with Crippen molar-refractivity contribution >= 4 is 62.5 Å². The average Bonchev–Trinajstić information content (AvgIpc) is 3.25. The van der Waals surface area contributed by atoms with Crippen LogP contribution in [0.15, 0.2) is 39.9 Å². The van der Waals surface area contributed by atoms with Crippen LogP contribution in [0.5, 0.6) is 5.75 Å². The molecule has 3 heterocycles. The molecule has 154 valence electrons. The van der Waals surface area contributed by atoms with Gasteiger partial charge in [0.1, 0.15) is 5.75 Å². The second-order valence-electron chi connectivity index (χ2n) is 6.57. The van der Waals surface area contributed by atoms with Crippen molar-refractivity contribution in [3.8, 4) is 11.4 Å². The van der Waals surface area contributed by atoms with E-state index in [1.165, 1.54) is 28.5 Å². The largest absolute Gasteiger partial charge is 0.495 e. The molecule has 0 fully saturated rings. The van der Waals surface area contributed by atoms with Crippen LogP contribution in [-0.2, 0) is 4.79 Å². The quantitative estimate of drug-likeness (QED) is 0.673. The van der Waals surface area contributed by atoms with Crippen molar-refractivity contribution < 1.29 is 9.53 Å². The van der Waals surface area contributed by atoms with Crippen LogP contribution in [0.2, 0.25) is 5.02 Å². The van der Waals surface area contributed by atoms with Gasteiger partial charge in [0.05, 0.1) is 18.4 Å². The van der Waals surface area contributed by atoms with Gasteiger partial charge in [-0.1, -0.05) is 11.6 Å². The van der Waals surface area contributed by atoms with Gasteiger partial charge in [0.15, 0.2) is 10.2 Å². The molecule has 30 heavy (non-hydrogen) atoms. The first-order valence-corrected chi connectivity index (χ1v) is 11.3. The summed E-state index contributed by atoms with van der Waals surface area (Å²) >= 11 is 8.96. The minimum absolute atomic E-state index is 0.0201. The molecule has 2 aromatic rings. The lowest BCUT2D eigenvalue weighted by Gasteiger charge is -2.20. The lowest BCUT2D eigenvalue weighted by atomic mass is 10.1. The van der Waals surface area contributed by atoms with Crippen molar-refractivity contribution in [1.29, 1.82) is 5.41 Å². The fraction of sp³-hybridized carbons (Fsp3) is 0.200. The number of aryl methyl sites for hydroxylation is 1. The van der Waals surface area contributed by atoms with Crippen molar-refractivity contribution in [1.82, 2.24) is 9.58 Å². The van der Waals surface area contributed by atoms with Gasteiger partial charge in [-0.25, -0.2) is 0 Å². The van der Waals surface area contributed by atoms with E-state index in [9.17, 15) is 4.79 Å². The maximum absolute atomic E-state index is 12.6. The predicted molar refractivity (Wildman–Crippen MR) is 125 cm³/mol. The van der Waals surface area contributed by atoms with Gasteiger partial charge in [-0.3, -0.25) is 10.2 Å². The number of hydrogen-bond donors (Lipinski definition) is 1. The zero-order chi connectivity index (χ0) is 21.6. The summed E-state index contributed by atoms with van der Waals surface area (Å²) in [6, 6.07) is 7.38. The molecular weight excluding hydrogens is 442 g/mol. The van der Waals surface area contributed by atoms with E-state index in [1.807, 2.05) is 42.9 Å². The minimum atomic E-state index is -0.443. The smallest absolute Gasteiger partial charge is 0.283 e. The van der Waals surface area contributed by atoms with Gasteiger partial charge in [0.25, 0.3) is 5.91 Å². The number of nitrogens with one attached hydrogen (secondary N) is 1.